The van der Waals surface area contributed by atoms with Gasteiger partial charge >= 0.3 is 12.1 Å². The monoisotopic (exact) mass is 241 g/mol. The van der Waals surface area contributed by atoms with Crippen LogP contribution in [0.15, 0.2) is 12.5 Å². The average molecular weight is 241 g/mol. The van der Waals surface area contributed by atoms with E-state index in [1.54, 1.807) is 17.1 Å². The number of alkyl carbamates (subject to hydrolysis) is 1. The molecular formula is C10H15N3O4. The quantitative estimate of drug-likeness (QED) is 0.742. The Morgan fingerprint density at radius 1 is 1.47 bits per heavy atom. The first-order chi connectivity index (χ1) is 8.06. The van der Waals surface area contributed by atoms with E-state index in [1.165, 1.54) is 14.2 Å². The Hall–Kier alpha value is -2.05. The zero-order chi connectivity index (χ0) is 12.8. The van der Waals surface area contributed by atoms with Gasteiger partial charge in [0.25, 0.3) is 0 Å². The highest BCUT2D eigenvalue weighted by Gasteiger charge is 2.23. The largest absolute Gasteiger partial charge is 0.467 e. The highest BCUT2D eigenvalue weighted by Crippen LogP contribution is 2.02. The van der Waals surface area contributed by atoms with E-state index in [-0.39, 0.29) is 6.42 Å². The van der Waals surface area contributed by atoms with Gasteiger partial charge in [-0.05, 0) is 0 Å². The number of hydrogen-bond acceptors (Lipinski definition) is 5. The Balaban J connectivity index is 2.69. The topological polar surface area (TPSA) is 82.5 Å². The number of carbonyl (C=O) groups is 2. The van der Waals surface area contributed by atoms with E-state index in [4.69, 9.17) is 0 Å². The number of hydrogen-bond donors (Lipinski definition) is 1. The lowest BCUT2D eigenvalue weighted by molar-refractivity contribution is -0.142. The minimum absolute atomic E-state index is 0.253. The third-order valence-electron chi connectivity index (χ3n) is 2.13. The summed E-state index contributed by atoms with van der Waals surface area (Å²) in [6.45, 7) is 0. The summed E-state index contributed by atoms with van der Waals surface area (Å²) in [5.41, 5.74) is 0.680. The number of esters is 1. The van der Waals surface area contributed by atoms with Gasteiger partial charge in [0, 0.05) is 19.7 Å². The Morgan fingerprint density at radius 2 is 2.18 bits per heavy atom. The summed E-state index contributed by atoms with van der Waals surface area (Å²) < 4.78 is 10.8. The minimum atomic E-state index is -0.803. The summed E-state index contributed by atoms with van der Waals surface area (Å²) in [5.74, 6) is -0.541. The summed E-state index contributed by atoms with van der Waals surface area (Å²) in [5, 5.41) is 2.39. The molecule has 1 unspecified atom stereocenters. The van der Waals surface area contributed by atoms with E-state index in [1.807, 2.05) is 7.05 Å². The lowest BCUT2D eigenvalue weighted by atomic mass is 10.1. The van der Waals surface area contributed by atoms with Gasteiger partial charge in [0.15, 0.2) is 0 Å². The van der Waals surface area contributed by atoms with Gasteiger partial charge < -0.3 is 19.4 Å². The second-order valence-corrected chi connectivity index (χ2v) is 3.45. The maximum atomic E-state index is 11.4. The SMILES string of the molecule is COC(=O)NC(Cc1cn(C)cn1)C(=O)OC. The minimum Gasteiger partial charge on any atom is -0.467 e. The van der Waals surface area contributed by atoms with E-state index in [0.717, 1.165) is 0 Å². The zero-order valence-electron chi connectivity index (χ0n) is 9.97. The number of methoxy groups -OCH3 is 2. The maximum Gasteiger partial charge on any atom is 0.407 e. The molecule has 0 aromatic carbocycles. The molecule has 0 aliphatic carbocycles. The van der Waals surface area contributed by atoms with Crippen LogP contribution in [0.1, 0.15) is 5.69 Å². The van der Waals surface area contributed by atoms with Crippen molar-refractivity contribution in [2.75, 3.05) is 14.2 Å². The zero-order valence-corrected chi connectivity index (χ0v) is 9.97. The summed E-state index contributed by atoms with van der Waals surface area (Å²) in [6.07, 6.45) is 2.94. The Kier molecular flexibility index (Phi) is 4.50. The normalized spacial score (nSPS) is 11.7. The number of nitrogens with one attached hydrogen (secondary N) is 1. The Labute approximate surface area is 98.7 Å². The third kappa shape index (κ3) is 3.78. The third-order valence-corrected chi connectivity index (χ3v) is 2.13. The number of aryl methyl sites for hydroxylation is 1. The number of carbonyl (C=O) groups excluding carboxylic acids is 2. The lowest BCUT2D eigenvalue weighted by Crippen LogP contribution is -2.43. The van der Waals surface area contributed by atoms with Crippen LogP contribution in [-0.2, 0) is 27.7 Å². The van der Waals surface area contributed by atoms with Crippen LogP contribution in [0.25, 0.3) is 0 Å². The van der Waals surface area contributed by atoms with E-state index >= 15 is 0 Å². The predicted octanol–water partition coefficient (Wildman–Crippen LogP) is -0.140. The average Bonchev–Trinajstić information content (AvgIpc) is 2.72. The Morgan fingerprint density at radius 3 is 2.65 bits per heavy atom. The molecule has 1 aromatic rings. The number of rotatable bonds is 4. The second kappa shape index (κ2) is 5.88. The van der Waals surface area contributed by atoms with Crippen molar-refractivity contribution < 1.29 is 19.1 Å². The molecule has 1 aromatic heterocycles. The molecular weight excluding hydrogens is 226 g/mol. The summed E-state index contributed by atoms with van der Waals surface area (Å²) in [4.78, 5) is 26.6. The maximum absolute atomic E-state index is 11.4. The molecule has 1 atom stereocenters. The highest BCUT2D eigenvalue weighted by atomic mass is 16.5. The van der Waals surface area contributed by atoms with Crippen LogP contribution < -0.4 is 5.32 Å². The van der Waals surface area contributed by atoms with Gasteiger partial charge in [-0.1, -0.05) is 0 Å². The molecule has 7 nitrogen and oxygen atoms in total. The summed E-state index contributed by atoms with van der Waals surface area (Å²) in [6, 6.07) is -0.803. The molecule has 1 rings (SSSR count). The number of ether oxygens (including phenoxy) is 2. The molecule has 17 heavy (non-hydrogen) atoms. The van der Waals surface area contributed by atoms with Crippen molar-refractivity contribution >= 4 is 12.1 Å². The predicted molar refractivity (Wildman–Crippen MR) is 58.3 cm³/mol. The van der Waals surface area contributed by atoms with Crippen molar-refractivity contribution in [2.45, 2.75) is 12.5 Å². The fourth-order valence-electron chi connectivity index (χ4n) is 1.32. The van der Waals surface area contributed by atoms with Gasteiger partial charge in [0.1, 0.15) is 6.04 Å². The van der Waals surface area contributed by atoms with Gasteiger partial charge in [-0.15, -0.1) is 0 Å². The van der Waals surface area contributed by atoms with Crippen molar-refractivity contribution in [1.29, 1.82) is 0 Å². The number of amides is 1. The van der Waals surface area contributed by atoms with Crippen molar-refractivity contribution in [3.63, 3.8) is 0 Å². The fourth-order valence-corrected chi connectivity index (χ4v) is 1.32. The van der Waals surface area contributed by atoms with Crippen LogP contribution in [-0.4, -0.2) is 41.9 Å². The molecule has 0 aliphatic rings. The lowest BCUT2D eigenvalue weighted by Gasteiger charge is -2.14. The van der Waals surface area contributed by atoms with Gasteiger partial charge in [-0.2, -0.15) is 0 Å². The molecule has 0 saturated carbocycles. The van der Waals surface area contributed by atoms with Crippen LogP contribution in [0, 0.1) is 0 Å². The molecule has 1 amide bonds. The first-order valence-corrected chi connectivity index (χ1v) is 4.96. The number of aromatic nitrogens is 2. The van der Waals surface area contributed by atoms with Crippen molar-refractivity contribution in [3.8, 4) is 0 Å². The molecule has 1 N–H and O–H groups in total. The molecule has 0 fully saturated rings. The molecule has 0 radical (unpaired) electrons. The van der Waals surface area contributed by atoms with E-state index in [2.05, 4.69) is 19.8 Å². The van der Waals surface area contributed by atoms with Gasteiger partial charge in [0.05, 0.1) is 26.2 Å². The van der Waals surface area contributed by atoms with Crippen LogP contribution in [0.3, 0.4) is 0 Å². The smallest absolute Gasteiger partial charge is 0.407 e. The van der Waals surface area contributed by atoms with Crippen molar-refractivity contribution in [1.82, 2.24) is 14.9 Å². The summed E-state index contributed by atoms with van der Waals surface area (Å²) >= 11 is 0. The number of nitrogens with zero attached hydrogens (tertiary/aromatic N) is 2. The fraction of sp³-hybridized carbons (Fsp3) is 0.500. The standard InChI is InChI=1S/C10H15N3O4/c1-13-5-7(11-6-13)4-8(9(14)16-2)12-10(15)17-3/h5-6,8H,4H2,1-3H3,(H,12,15). The summed E-state index contributed by atoms with van der Waals surface area (Å²) in [7, 11) is 4.30. The molecule has 0 spiro atoms. The van der Waals surface area contributed by atoms with Gasteiger partial charge in [-0.3, -0.25) is 0 Å². The highest BCUT2D eigenvalue weighted by molar-refractivity contribution is 5.81. The molecule has 7 heteroatoms. The first kappa shape index (κ1) is 13.0. The van der Waals surface area contributed by atoms with E-state index in [0.29, 0.717) is 5.69 Å². The molecule has 0 bridgehead atoms. The first-order valence-electron chi connectivity index (χ1n) is 4.96. The van der Waals surface area contributed by atoms with Crippen molar-refractivity contribution in [3.05, 3.63) is 18.2 Å². The van der Waals surface area contributed by atoms with E-state index < -0.39 is 18.1 Å². The van der Waals surface area contributed by atoms with Crippen molar-refractivity contribution in [2.24, 2.45) is 7.05 Å². The number of imidazole rings is 1. The van der Waals surface area contributed by atoms with Crippen LogP contribution in [0.2, 0.25) is 0 Å². The molecule has 94 valence electrons. The van der Waals surface area contributed by atoms with Gasteiger partial charge in [0.2, 0.25) is 0 Å². The van der Waals surface area contributed by atoms with Crippen LogP contribution in [0.4, 0.5) is 4.79 Å². The second-order valence-electron chi connectivity index (χ2n) is 3.45. The Bertz CT molecular complexity index is 402. The van der Waals surface area contributed by atoms with Crippen LogP contribution >= 0.6 is 0 Å². The van der Waals surface area contributed by atoms with E-state index in [9.17, 15) is 9.59 Å². The molecule has 0 aliphatic heterocycles. The molecule has 0 saturated heterocycles. The van der Waals surface area contributed by atoms with Gasteiger partial charge in [-0.25, -0.2) is 14.6 Å². The molecule has 1 heterocycles. The van der Waals surface area contributed by atoms with Crippen LogP contribution in [0.5, 0.6) is 0 Å².